The summed E-state index contributed by atoms with van der Waals surface area (Å²) >= 11 is 7.06. The van der Waals surface area contributed by atoms with E-state index >= 15 is 0 Å². The van der Waals surface area contributed by atoms with Gasteiger partial charge < -0.3 is 15.2 Å². The molecule has 0 spiro atoms. The number of halogens is 3. The van der Waals surface area contributed by atoms with Gasteiger partial charge in [0.1, 0.15) is 35.6 Å². The summed E-state index contributed by atoms with van der Waals surface area (Å²) in [6.45, 7) is 0.248. The highest BCUT2D eigenvalue weighted by Crippen LogP contribution is 2.46. The minimum atomic E-state index is -0.597. The fourth-order valence-corrected chi connectivity index (χ4v) is 5.26. The van der Waals surface area contributed by atoms with Crippen LogP contribution in [0.25, 0.3) is 0 Å². The van der Waals surface area contributed by atoms with Crippen LogP contribution < -0.4 is 10.5 Å². The van der Waals surface area contributed by atoms with Gasteiger partial charge in [-0.1, -0.05) is 12.1 Å². The lowest BCUT2D eigenvalue weighted by atomic mass is 9.77. The second-order valence-electron chi connectivity index (χ2n) is 7.27. The molecule has 5 nitrogen and oxygen atoms in total. The number of ketones is 1. The van der Waals surface area contributed by atoms with Crippen LogP contribution in [0.4, 0.5) is 4.39 Å². The number of Topliss-reactive ketones (excluding diaryl/α,β-unsaturated/α-hetero) is 1. The van der Waals surface area contributed by atoms with Gasteiger partial charge in [-0.2, -0.15) is 5.26 Å². The summed E-state index contributed by atoms with van der Waals surface area (Å²) in [4.78, 5) is 12.7. The third kappa shape index (κ3) is 4.25. The monoisotopic (exact) mass is 546 g/mol. The molecule has 2 aliphatic rings. The number of carbonyl (C=O) groups excluding carboxylic acids is 1. The number of carbonyl (C=O) groups is 1. The van der Waals surface area contributed by atoms with Gasteiger partial charge >= 0.3 is 0 Å². The van der Waals surface area contributed by atoms with Crippen LogP contribution in [0.15, 0.2) is 68.1 Å². The van der Waals surface area contributed by atoms with Crippen molar-refractivity contribution in [2.75, 3.05) is 0 Å². The molecule has 0 radical (unpaired) electrons. The second-order valence-corrected chi connectivity index (χ2v) is 8.98. The van der Waals surface area contributed by atoms with Crippen LogP contribution >= 0.6 is 31.9 Å². The molecule has 1 heterocycles. The van der Waals surface area contributed by atoms with Crippen molar-refractivity contribution in [3.8, 4) is 11.8 Å². The first-order valence-electron chi connectivity index (χ1n) is 9.59. The van der Waals surface area contributed by atoms with Crippen molar-refractivity contribution in [1.29, 1.82) is 5.26 Å². The molecule has 1 aliphatic carbocycles. The molecule has 0 amide bonds. The Hall–Kier alpha value is -2.63. The van der Waals surface area contributed by atoms with Crippen LogP contribution in [-0.2, 0) is 16.1 Å². The lowest BCUT2D eigenvalue weighted by Crippen LogP contribution is -2.27. The van der Waals surface area contributed by atoms with E-state index in [0.29, 0.717) is 45.3 Å². The van der Waals surface area contributed by atoms with E-state index in [2.05, 4.69) is 37.9 Å². The average molecular weight is 548 g/mol. The zero-order chi connectivity index (χ0) is 22.1. The van der Waals surface area contributed by atoms with Gasteiger partial charge in [-0.25, -0.2) is 4.39 Å². The number of hydrogen-bond acceptors (Lipinski definition) is 5. The smallest absolute Gasteiger partial charge is 0.205 e. The first-order valence-corrected chi connectivity index (χ1v) is 11.2. The molecular formula is C23H17Br2FN2O3. The summed E-state index contributed by atoms with van der Waals surface area (Å²) in [5.74, 6) is 0.195. The van der Waals surface area contributed by atoms with Crippen LogP contribution in [0.3, 0.4) is 0 Å². The Labute approximate surface area is 195 Å². The molecule has 0 unspecified atom stereocenters. The van der Waals surface area contributed by atoms with E-state index in [0.717, 1.165) is 11.1 Å². The summed E-state index contributed by atoms with van der Waals surface area (Å²) in [5, 5.41) is 9.72. The normalized spacial score (nSPS) is 18.4. The van der Waals surface area contributed by atoms with E-state index in [9.17, 15) is 14.4 Å². The van der Waals surface area contributed by atoms with Crippen LogP contribution in [-0.4, -0.2) is 5.78 Å². The molecular weight excluding hydrogens is 531 g/mol. The zero-order valence-electron chi connectivity index (χ0n) is 16.3. The van der Waals surface area contributed by atoms with E-state index in [-0.39, 0.29) is 29.7 Å². The Bertz CT molecular complexity index is 1140. The Morgan fingerprint density at radius 1 is 1.19 bits per heavy atom. The number of allylic oxidation sites excluding steroid dienone is 3. The molecule has 0 saturated heterocycles. The predicted molar refractivity (Wildman–Crippen MR) is 119 cm³/mol. The summed E-state index contributed by atoms with van der Waals surface area (Å²) in [7, 11) is 0. The standard InChI is InChI=1S/C23H17Br2FN2O3/c24-16-8-13(9-17(25)22(16)30-11-12-4-6-14(26)7-5-12)20-15(10-27)23(28)31-19-3-1-2-18(29)21(19)20/h4-9,20H,1-3,11,28H2/t20-/m1/s1. The van der Waals surface area contributed by atoms with Crippen molar-refractivity contribution in [1.82, 2.24) is 0 Å². The van der Waals surface area contributed by atoms with Crippen molar-refractivity contribution < 1.29 is 18.7 Å². The van der Waals surface area contributed by atoms with E-state index in [4.69, 9.17) is 15.2 Å². The maximum atomic E-state index is 13.1. The largest absolute Gasteiger partial charge is 0.487 e. The van der Waals surface area contributed by atoms with Crippen LogP contribution in [0, 0.1) is 17.1 Å². The lowest BCUT2D eigenvalue weighted by Gasteiger charge is -2.31. The number of rotatable bonds is 4. The highest BCUT2D eigenvalue weighted by atomic mass is 79.9. The molecule has 1 aliphatic heterocycles. The van der Waals surface area contributed by atoms with Crippen molar-refractivity contribution in [3.63, 3.8) is 0 Å². The molecule has 0 bridgehead atoms. The van der Waals surface area contributed by atoms with Crippen LogP contribution in [0.5, 0.6) is 5.75 Å². The van der Waals surface area contributed by atoms with E-state index < -0.39 is 5.92 Å². The molecule has 158 valence electrons. The number of benzene rings is 2. The van der Waals surface area contributed by atoms with Gasteiger partial charge in [0.05, 0.1) is 14.9 Å². The van der Waals surface area contributed by atoms with Crippen molar-refractivity contribution in [3.05, 3.63) is 85.1 Å². The van der Waals surface area contributed by atoms with Crippen molar-refractivity contribution >= 4 is 37.6 Å². The molecule has 0 saturated carbocycles. The fourth-order valence-electron chi connectivity index (χ4n) is 3.81. The topological polar surface area (TPSA) is 85.3 Å². The lowest BCUT2D eigenvalue weighted by molar-refractivity contribution is -0.116. The van der Waals surface area contributed by atoms with E-state index in [1.165, 1.54) is 12.1 Å². The minimum absolute atomic E-state index is 0.0321. The molecule has 31 heavy (non-hydrogen) atoms. The SMILES string of the molecule is N#CC1=C(N)OC2=C(C(=O)CCC2)[C@@H]1c1cc(Br)c(OCc2ccc(F)cc2)c(Br)c1. The third-order valence-electron chi connectivity index (χ3n) is 5.26. The molecule has 2 aromatic carbocycles. The van der Waals surface area contributed by atoms with E-state index in [1.54, 1.807) is 12.1 Å². The number of hydrogen-bond donors (Lipinski definition) is 1. The van der Waals surface area contributed by atoms with E-state index in [1.807, 2.05) is 12.1 Å². The minimum Gasteiger partial charge on any atom is -0.487 e. The van der Waals surface area contributed by atoms with Crippen molar-refractivity contribution in [2.24, 2.45) is 5.73 Å². The number of ether oxygens (including phenoxy) is 2. The Balaban J connectivity index is 1.69. The van der Waals surface area contributed by atoms with Gasteiger partial charge in [-0.15, -0.1) is 0 Å². The van der Waals surface area contributed by atoms with Gasteiger partial charge in [0.25, 0.3) is 0 Å². The fraction of sp³-hybridized carbons (Fsp3) is 0.217. The molecule has 2 aromatic rings. The maximum absolute atomic E-state index is 13.1. The quantitative estimate of drug-likeness (QED) is 0.527. The van der Waals surface area contributed by atoms with Crippen LogP contribution in [0.2, 0.25) is 0 Å². The number of nitrogens with two attached hydrogens (primary N) is 1. The Morgan fingerprint density at radius 3 is 2.52 bits per heavy atom. The highest BCUT2D eigenvalue weighted by Gasteiger charge is 2.38. The van der Waals surface area contributed by atoms with Gasteiger partial charge in [0.15, 0.2) is 5.78 Å². The first kappa shape index (κ1) is 21.6. The summed E-state index contributed by atoms with van der Waals surface area (Å²) in [6.07, 6.45) is 1.72. The zero-order valence-corrected chi connectivity index (χ0v) is 19.4. The second kappa shape index (κ2) is 8.85. The Kier molecular flexibility index (Phi) is 6.17. The van der Waals surface area contributed by atoms with Gasteiger partial charge in [-0.3, -0.25) is 4.79 Å². The Morgan fingerprint density at radius 2 is 1.87 bits per heavy atom. The molecule has 2 N–H and O–H groups in total. The number of nitrogens with zero attached hydrogens (tertiary/aromatic N) is 1. The highest BCUT2D eigenvalue weighted by molar-refractivity contribution is 9.11. The summed E-state index contributed by atoms with van der Waals surface area (Å²) in [5.41, 5.74) is 8.26. The third-order valence-corrected chi connectivity index (χ3v) is 6.43. The molecule has 8 heteroatoms. The maximum Gasteiger partial charge on any atom is 0.205 e. The predicted octanol–water partition coefficient (Wildman–Crippen LogP) is 5.74. The molecule has 0 aromatic heterocycles. The first-order chi connectivity index (χ1) is 14.9. The van der Waals surface area contributed by atoms with Crippen LogP contribution in [0.1, 0.15) is 36.3 Å². The summed E-state index contributed by atoms with van der Waals surface area (Å²) < 4.78 is 25.9. The van der Waals surface area contributed by atoms with Gasteiger partial charge in [-0.05, 0) is 73.7 Å². The molecule has 1 atom stereocenters. The molecule has 4 rings (SSSR count). The number of nitriles is 1. The molecule has 0 fully saturated rings. The van der Waals surface area contributed by atoms with Gasteiger partial charge in [0, 0.05) is 18.4 Å². The average Bonchev–Trinajstić information content (AvgIpc) is 2.73. The van der Waals surface area contributed by atoms with Gasteiger partial charge in [0.2, 0.25) is 5.88 Å². The van der Waals surface area contributed by atoms with Crippen molar-refractivity contribution in [2.45, 2.75) is 31.8 Å². The summed E-state index contributed by atoms with van der Waals surface area (Å²) in [6, 6.07) is 11.8.